The Hall–Kier alpha value is -3.21. The van der Waals surface area contributed by atoms with Gasteiger partial charge in [0.2, 0.25) is 5.88 Å². The molecule has 1 aromatic carbocycles. The molecule has 0 radical (unpaired) electrons. The van der Waals surface area contributed by atoms with Gasteiger partial charge in [-0.15, -0.1) is 10.3 Å². The highest BCUT2D eigenvalue weighted by Gasteiger charge is 2.23. The number of allylic oxidation sites excluding steroid dienone is 2. The van der Waals surface area contributed by atoms with Gasteiger partial charge in [0.1, 0.15) is 17.3 Å². The largest absolute Gasteiger partial charge is 0.488 e. The number of rotatable bonds is 7. The number of amides is 2. The molecule has 0 unspecified atom stereocenters. The van der Waals surface area contributed by atoms with Crippen molar-refractivity contribution >= 4 is 21.8 Å². The van der Waals surface area contributed by atoms with E-state index in [-0.39, 0.29) is 17.3 Å². The van der Waals surface area contributed by atoms with Gasteiger partial charge in [-0.25, -0.2) is 28.8 Å². The molecule has 0 spiro atoms. The third-order valence-electron chi connectivity index (χ3n) is 3.18. The predicted octanol–water partition coefficient (Wildman–Crippen LogP) is 1.23. The van der Waals surface area contributed by atoms with Gasteiger partial charge in [-0.3, -0.25) is 0 Å². The third kappa shape index (κ3) is 5.64. The van der Waals surface area contributed by atoms with Crippen LogP contribution in [0.25, 0.3) is 0 Å². The summed E-state index contributed by atoms with van der Waals surface area (Å²) in [4.78, 5) is 12.0. The molecule has 3 N–H and O–H groups in total. The number of carbonyl (C=O) groups excluding carboxylic acids is 1. The molecular formula is C16H21N5O5S. The summed E-state index contributed by atoms with van der Waals surface area (Å²) in [6.07, 6.45) is 5.11. The van der Waals surface area contributed by atoms with Crippen molar-refractivity contribution in [2.24, 2.45) is 5.10 Å². The minimum Gasteiger partial charge on any atom is -0.488 e. The van der Waals surface area contributed by atoms with E-state index >= 15 is 0 Å². The average Bonchev–Trinajstić information content (AvgIpc) is 2.61. The fraction of sp³-hybridized carbons (Fsp3) is 0.250. The fourth-order valence-corrected chi connectivity index (χ4v) is 3.07. The third-order valence-corrected chi connectivity index (χ3v) is 4.55. The number of hydrazone groups is 1. The van der Waals surface area contributed by atoms with E-state index in [1.165, 1.54) is 25.3 Å². The molecular weight excluding hydrogens is 374 g/mol. The average molecular weight is 395 g/mol. The summed E-state index contributed by atoms with van der Waals surface area (Å²) in [6, 6.07) is 5.00. The number of nitrogens with zero attached hydrogens (tertiary/aromatic N) is 2. The number of carbonyl (C=O) groups is 1. The van der Waals surface area contributed by atoms with Crippen molar-refractivity contribution in [3.8, 4) is 5.75 Å². The summed E-state index contributed by atoms with van der Waals surface area (Å²) in [7, 11) is -2.74. The Morgan fingerprint density at radius 1 is 1.37 bits per heavy atom. The number of benzene rings is 1. The fourth-order valence-electron chi connectivity index (χ4n) is 2.02. The number of urea groups is 1. The summed E-state index contributed by atoms with van der Waals surface area (Å²) < 4.78 is 37.4. The van der Waals surface area contributed by atoms with E-state index in [4.69, 9.17) is 9.47 Å². The minimum absolute atomic E-state index is 0.130. The smallest absolute Gasteiger partial charge is 0.350 e. The van der Waals surface area contributed by atoms with Crippen LogP contribution in [0.2, 0.25) is 0 Å². The lowest BCUT2D eigenvalue weighted by Gasteiger charge is -2.25. The van der Waals surface area contributed by atoms with Gasteiger partial charge in [0.05, 0.1) is 12.8 Å². The quantitative estimate of drug-likeness (QED) is 0.594. The number of hydrogen-bond donors (Lipinski definition) is 3. The standard InChI is InChI=1S/C16H21N5O5S/c1-4-5-10-26-13-8-6-7-9-14(13)27(23,24)20-16(22)19-21-17-12(2)11-15(18-21)25-3/h4-9,11,18H,10H2,1-3H3,(H2,19,20,22)/b5-4+. The lowest BCUT2D eigenvalue weighted by Crippen LogP contribution is -2.53. The second-order valence-corrected chi connectivity index (χ2v) is 6.90. The SMILES string of the molecule is C/C=C/COc1ccccc1S(=O)(=O)NC(=O)NN1N=C(C)C=C(OC)N1. The van der Waals surface area contributed by atoms with Crippen LogP contribution in [0, 0.1) is 0 Å². The molecule has 1 aliphatic heterocycles. The molecule has 1 heterocycles. The van der Waals surface area contributed by atoms with Crippen molar-refractivity contribution in [1.82, 2.24) is 20.8 Å². The predicted molar refractivity (Wildman–Crippen MR) is 98.8 cm³/mol. The van der Waals surface area contributed by atoms with Crippen LogP contribution in [0.5, 0.6) is 5.75 Å². The molecule has 27 heavy (non-hydrogen) atoms. The van der Waals surface area contributed by atoms with Crippen LogP contribution in [0.1, 0.15) is 13.8 Å². The van der Waals surface area contributed by atoms with Crippen LogP contribution in [0.4, 0.5) is 4.79 Å². The van der Waals surface area contributed by atoms with Crippen molar-refractivity contribution in [2.45, 2.75) is 18.7 Å². The topological polar surface area (TPSA) is 121 Å². The highest BCUT2D eigenvalue weighted by Crippen LogP contribution is 2.23. The number of methoxy groups -OCH3 is 1. The molecule has 0 saturated carbocycles. The molecule has 0 fully saturated rings. The van der Waals surface area contributed by atoms with E-state index in [1.807, 2.05) is 11.6 Å². The van der Waals surface area contributed by atoms with Crippen LogP contribution < -0.4 is 20.3 Å². The molecule has 0 aliphatic carbocycles. The number of para-hydroxylation sites is 1. The van der Waals surface area contributed by atoms with Crippen molar-refractivity contribution in [1.29, 1.82) is 0 Å². The highest BCUT2D eigenvalue weighted by atomic mass is 32.2. The van der Waals surface area contributed by atoms with Crippen LogP contribution in [-0.2, 0) is 14.8 Å². The van der Waals surface area contributed by atoms with E-state index in [0.717, 1.165) is 5.23 Å². The maximum Gasteiger partial charge on any atom is 0.350 e. The lowest BCUT2D eigenvalue weighted by atomic mass is 10.3. The Balaban J connectivity index is 2.08. The Morgan fingerprint density at radius 2 is 2.11 bits per heavy atom. The molecule has 2 rings (SSSR count). The first kappa shape index (κ1) is 20.1. The maximum absolute atomic E-state index is 12.5. The minimum atomic E-state index is -4.17. The van der Waals surface area contributed by atoms with Gasteiger partial charge < -0.3 is 9.47 Å². The van der Waals surface area contributed by atoms with Crippen LogP contribution >= 0.6 is 0 Å². The zero-order valence-corrected chi connectivity index (χ0v) is 15.9. The lowest BCUT2D eigenvalue weighted by molar-refractivity contribution is 0.0995. The van der Waals surface area contributed by atoms with Gasteiger partial charge in [0.25, 0.3) is 10.0 Å². The first-order valence-electron chi connectivity index (χ1n) is 7.90. The Labute approximate surface area is 157 Å². The van der Waals surface area contributed by atoms with Crippen molar-refractivity contribution in [3.63, 3.8) is 0 Å². The van der Waals surface area contributed by atoms with Gasteiger partial charge in [0.15, 0.2) is 0 Å². The molecule has 11 heteroatoms. The van der Waals surface area contributed by atoms with Gasteiger partial charge in [-0.2, -0.15) is 0 Å². The molecule has 146 valence electrons. The molecule has 2 amide bonds. The second-order valence-electron chi connectivity index (χ2n) is 5.25. The van der Waals surface area contributed by atoms with Crippen molar-refractivity contribution in [2.75, 3.05) is 13.7 Å². The van der Waals surface area contributed by atoms with E-state index in [9.17, 15) is 13.2 Å². The molecule has 1 aliphatic rings. The molecule has 0 saturated heterocycles. The summed E-state index contributed by atoms with van der Waals surface area (Å²) >= 11 is 0. The summed E-state index contributed by atoms with van der Waals surface area (Å²) in [5.74, 6) is 0.457. The first-order chi connectivity index (χ1) is 12.9. The molecule has 0 aromatic heterocycles. The van der Waals surface area contributed by atoms with Gasteiger partial charge in [-0.05, 0) is 26.0 Å². The van der Waals surface area contributed by atoms with Crippen LogP contribution in [-0.4, -0.2) is 39.1 Å². The molecule has 0 atom stereocenters. The van der Waals surface area contributed by atoms with E-state index in [2.05, 4.69) is 16.0 Å². The Bertz CT molecular complexity index is 879. The number of ether oxygens (including phenoxy) is 2. The summed E-state index contributed by atoms with van der Waals surface area (Å²) in [5, 5.41) is 4.91. The zero-order chi connectivity index (χ0) is 19.9. The van der Waals surface area contributed by atoms with Gasteiger partial charge in [0, 0.05) is 6.08 Å². The molecule has 10 nitrogen and oxygen atoms in total. The maximum atomic E-state index is 12.5. The van der Waals surface area contributed by atoms with E-state index in [1.54, 1.807) is 31.2 Å². The molecule has 0 bridgehead atoms. The normalized spacial score (nSPS) is 14.1. The highest BCUT2D eigenvalue weighted by molar-refractivity contribution is 7.90. The van der Waals surface area contributed by atoms with Crippen molar-refractivity contribution < 1.29 is 22.7 Å². The summed E-state index contributed by atoms with van der Waals surface area (Å²) in [5.41, 5.74) is 5.40. The second kappa shape index (κ2) is 8.94. The Morgan fingerprint density at radius 3 is 2.81 bits per heavy atom. The molecule has 1 aromatic rings. The van der Waals surface area contributed by atoms with Crippen LogP contribution in [0.15, 0.2) is 58.4 Å². The number of hydrazine groups is 2. The zero-order valence-electron chi connectivity index (χ0n) is 15.1. The van der Waals surface area contributed by atoms with Gasteiger partial charge >= 0.3 is 6.03 Å². The number of hydrogen-bond acceptors (Lipinski definition) is 8. The number of nitrogens with one attached hydrogen (secondary N) is 3. The van der Waals surface area contributed by atoms with Gasteiger partial charge in [-0.1, -0.05) is 24.3 Å². The number of sulfonamides is 1. The summed E-state index contributed by atoms with van der Waals surface area (Å²) in [6.45, 7) is 3.70. The van der Waals surface area contributed by atoms with Crippen LogP contribution in [0.3, 0.4) is 0 Å². The Kier molecular flexibility index (Phi) is 6.66. The van der Waals surface area contributed by atoms with Crippen molar-refractivity contribution in [3.05, 3.63) is 48.4 Å². The monoisotopic (exact) mass is 395 g/mol. The van der Waals surface area contributed by atoms with E-state index < -0.39 is 16.1 Å². The first-order valence-corrected chi connectivity index (χ1v) is 9.38. The van der Waals surface area contributed by atoms with E-state index in [0.29, 0.717) is 11.6 Å².